The second-order valence-corrected chi connectivity index (χ2v) is 5.20. The van der Waals surface area contributed by atoms with Crippen LogP contribution in [0.25, 0.3) is 0 Å². The fourth-order valence-corrected chi connectivity index (χ4v) is 0.962. The zero-order valence-corrected chi connectivity index (χ0v) is 6.51. The molecule has 0 radical (unpaired) electrons. The molecule has 0 heterocycles. The maximum atomic E-state index is 9.83. The summed E-state index contributed by atoms with van der Waals surface area (Å²) >= 11 is 0. The van der Waals surface area contributed by atoms with Gasteiger partial charge in [0.2, 0.25) is 0 Å². The van der Waals surface area contributed by atoms with Crippen molar-refractivity contribution in [2.75, 3.05) is 6.16 Å². The average Bonchev–Trinajstić information content (AvgIpc) is 1.65. The molecule has 0 rings (SSSR count). The van der Waals surface area contributed by atoms with Gasteiger partial charge in [-0.05, 0) is 13.8 Å². The quantitative estimate of drug-likeness (QED) is 0.454. The molecule has 0 aromatic heterocycles. The monoisotopic (exact) mass is 151 g/mol. The summed E-state index contributed by atoms with van der Waals surface area (Å²) in [4.78, 5) is 27.9. The van der Waals surface area contributed by atoms with Crippen molar-refractivity contribution in [3.63, 3.8) is 0 Å². The lowest BCUT2D eigenvalue weighted by molar-refractivity contribution is -0.106. The Hall–Kier alpha value is 0.0200. The molecule has 0 saturated carbocycles. The van der Waals surface area contributed by atoms with E-state index in [9.17, 15) is 4.79 Å². The van der Waals surface area contributed by atoms with Crippen molar-refractivity contribution < 1.29 is 14.6 Å². The van der Waals surface area contributed by atoms with Gasteiger partial charge in [0, 0.05) is 0 Å². The van der Waals surface area contributed by atoms with Crippen molar-refractivity contribution in [2.45, 2.75) is 19.5 Å². The summed E-state index contributed by atoms with van der Waals surface area (Å²) in [5.74, 6) is 0. The smallest absolute Gasteiger partial charge is 0.277 e. The summed E-state index contributed by atoms with van der Waals surface area (Å²) in [6.45, 7) is 3.38. The Labute approximate surface area is 55.2 Å². The van der Waals surface area contributed by atoms with E-state index in [2.05, 4.69) is 0 Å². The Kier molecular flexibility index (Phi) is 3.26. The van der Waals surface area contributed by atoms with Gasteiger partial charge in [-0.25, -0.2) is 9.79 Å². The molecule has 0 aromatic carbocycles. The summed E-state index contributed by atoms with van der Waals surface area (Å²) in [6, 6.07) is 0. The van der Waals surface area contributed by atoms with Gasteiger partial charge in [-0.3, -0.25) is 4.79 Å². The van der Waals surface area contributed by atoms with Crippen molar-refractivity contribution in [3.05, 3.63) is 0 Å². The van der Waals surface area contributed by atoms with Crippen molar-refractivity contribution in [3.8, 4) is 0 Å². The fraction of sp³-hybridized carbons (Fsp3) is 0.800. The van der Waals surface area contributed by atoms with E-state index in [4.69, 9.17) is 9.79 Å². The van der Waals surface area contributed by atoms with Crippen LogP contribution in [0.1, 0.15) is 13.8 Å². The SMILES string of the molecule is CC(C)[P+](O)(O)CC=O. The van der Waals surface area contributed by atoms with E-state index >= 15 is 0 Å². The van der Waals surface area contributed by atoms with Crippen LogP contribution >= 0.6 is 7.72 Å². The van der Waals surface area contributed by atoms with E-state index in [0.717, 1.165) is 0 Å². The van der Waals surface area contributed by atoms with Gasteiger partial charge in [0.15, 0.2) is 12.4 Å². The molecule has 0 spiro atoms. The molecule has 3 nitrogen and oxygen atoms in total. The second-order valence-electron chi connectivity index (χ2n) is 2.23. The van der Waals surface area contributed by atoms with Crippen LogP contribution in [-0.2, 0) is 4.79 Å². The molecule has 0 atom stereocenters. The molecule has 0 aliphatic carbocycles. The zero-order chi connectivity index (χ0) is 7.49. The maximum Gasteiger partial charge on any atom is 0.277 e. The maximum absolute atomic E-state index is 9.83. The highest BCUT2D eigenvalue weighted by Crippen LogP contribution is 2.53. The van der Waals surface area contributed by atoms with Crippen LogP contribution in [0.15, 0.2) is 0 Å². The Morgan fingerprint density at radius 3 is 2.11 bits per heavy atom. The fourth-order valence-electron chi connectivity index (χ4n) is 0.321. The highest BCUT2D eigenvalue weighted by atomic mass is 31.2. The number of rotatable bonds is 3. The van der Waals surface area contributed by atoms with Crippen LogP contribution in [0.5, 0.6) is 0 Å². The van der Waals surface area contributed by atoms with E-state index < -0.39 is 7.72 Å². The normalized spacial score (nSPS) is 12.1. The molecule has 0 amide bonds. The molecule has 0 aromatic rings. The number of hydrogen-bond acceptors (Lipinski definition) is 3. The predicted molar refractivity (Wildman–Crippen MR) is 37.4 cm³/mol. The first-order valence-electron chi connectivity index (χ1n) is 2.77. The molecule has 0 unspecified atom stereocenters. The first-order chi connectivity index (χ1) is 4.00. The summed E-state index contributed by atoms with van der Waals surface area (Å²) in [7, 11) is -2.88. The van der Waals surface area contributed by atoms with Gasteiger partial charge in [0.25, 0.3) is 7.72 Å². The minimum absolute atomic E-state index is 0.106. The third kappa shape index (κ3) is 2.89. The van der Waals surface area contributed by atoms with E-state index in [1.54, 1.807) is 13.8 Å². The summed E-state index contributed by atoms with van der Waals surface area (Å²) < 4.78 is 0. The first kappa shape index (κ1) is 9.02. The second kappa shape index (κ2) is 3.25. The third-order valence-corrected chi connectivity index (χ3v) is 3.51. The lowest BCUT2D eigenvalue weighted by Gasteiger charge is -2.12. The Balaban J connectivity index is 3.84. The number of carbonyl (C=O) groups is 1. The molecule has 0 saturated heterocycles. The lowest BCUT2D eigenvalue weighted by Crippen LogP contribution is -2.08. The van der Waals surface area contributed by atoms with Gasteiger partial charge in [-0.1, -0.05) is 0 Å². The van der Waals surface area contributed by atoms with Crippen LogP contribution in [0.4, 0.5) is 0 Å². The Morgan fingerprint density at radius 2 is 2.00 bits per heavy atom. The topological polar surface area (TPSA) is 57.5 Å². The van der Waals surface area contributed by atoms with E-state index in [-0.39, 0.29) is 11.8 Å². The summed E-state index contributed by atoms with van der Waals surface area (Å²) in [5.41, 5.74) is -0.192. The van der Waals surface area contributed by atoms with Gasteiger partial charge in [-0.15, -0.1) is 0 Å². The number of aldehydes is 1. The van der Waals surface area contributed by atoms with Crippen molar-refractivity contribution >= 4 is 14.0 Å². The minimum Gasteiger partial charge on any atom is -0.299 e. The Bertz CT molecular complexity index is 100. The highest BCUT2D eigenvalue weighted by molar-refractivity contribution is 7.66. The Morgan fingerprint density at radius 1 is 1.56 bits per heavy atom. The van der Waals surface area contributed by atoms with Crippen LogP contribution in [0.3, 0.4) is 0 Å². The van der Waals surface area contributed by atoms with E-state index in [1.807, 2.05) is 0 Å². The molecule has 0 fully saturated rings. The van der Waals surface area contributed by atoms with E-state index in [0.29, 0.717) is 6.29 Å². The minimum atomic E-state index is -2.88. The number of carbonyl (C=O) groups excluding carboxylic acids is 1. The first-order valence-corrected chi connectivity index (χ1v) is 4.72. The third-order valence-electron chi connectivity index (χ3n) is 1.17. The largest absolute Gasteiger partial charge is 0.299 e. The van der Waals surface area contributed by atoms with Gasteiger partial charge in [-0.2, -0.15) is 0 Å². The molecule has 2 N–H and O–H groups in total. The van der Waals surface area contributed by atoms with Gasteiger partial charge < -0.3 is 0 Å². The van der Waals surface area contributed by atoms with Gasteiger partial charge in [0.05, 0.1) is 0 Å². The molecular weight excluding hydrogens is 139 g/mol. The average molecular weight is 151 g/mol. The molecule has 0 aliphatic rings. The van der Waals surface area contributed by atoms with Gasteiger partial charge >= 0.3 is 0 Å². The predicted octanol–water partition coefficient (Wildman–Crippen LogP) is 0.426. The standard InChI is InChI=1S/C5H12O3P/c1-5(2)9(7,8)4-3-6/h3,5,7-8H,4H2,1-2H3/q+1. The summed E-state index contributed by atoms with van der Waals surface area (Å²) in [6.07, 6.45) is 0.443. The van der Waals surface area contributed by atoms with Crippen LogP contribution < -0.4 is 0 Å². The lowest BCUT2D eigenvalue weighted by atomic mass is 10.6. The molecule has 9 heavy (non-hydrogen) atoms. The molecule has 54 valence electrons. The van der Waals surface area contributed by atoms with Crippen LogP contribution in [-0.4, -0.2) is 27.9 Å². The van der Waals surface area contributed by atoms with Crippen LogP contribution in [0.2, 0.25) is 0 Å². The van der Waals surface area contributed by atoms with E-state index in [1.165, 1.54) is 0 Å². The van der Waals surface area contributed by atoms with Crippen LogP contribution in [0, 0.1) is 0 Å². The highest BCUT2D eigenvalue weighted by Gasteiger charge is 2.36. The summed E-state index contributed by atoms with van der Waals surface area (Å²) in [5, 5.41) is 0. The van der Waals surface area contributed by atoms with Gasteiger partial charge in [0.1, 0.15) is 5.66 Å². The molecule has 4 heteroatoms. The molecule has 0 bridgehead atoms. The van der Waals surface area contributed by atoms with Crippen molar-refractivity contribution in [1.29, 1.82) is 0 Å². The number of hydrogen-bond donors (Lipinski definition) is 2. The van der Waals surface area contributed by atoms with Crippen molar-refractivity contribution in [1.82, 2.24) is 0 Å². The molecular formula is C5H12O3P+. The van der Waals surface area contributed by atoms with Crippen molar-refractivity contribution in [2.24, 2.45) is 0 Å². The molecule has 0 aliphatic heterocycles. The zero-order valence-electron chi connectivity index (χ0n) is 5.61.